The number of rotatable bonds is 9. The van der Waals surface area contributed by atoms with Gasteiger partial charge in [-0.25, -0.2) is 19.0 Å². The summed E-state index contributed by atoms with van der Waals surface area (Å²) in [6.07, 6.45) is -7.39. The van der Waals surface area contributed by atoms with Gasteiger partial charge < -0.3 is 30.1 Å². The average molecular weight is 496 g/mol. The number of ether oxygens (including phenoxy) is 2. The number of nitrogens with zero attached hydrogens (tertiary/aromatic N) is 4. The molecule has 4 N–H and O–H groups in total. The molecule has 1 aromatic carbocycles. The molecule has 3 aromatic rings. The van der Waals surface area contributed by atoms with Crippen molar-refractivity contribution >= 4 is 40.5 Å². The fraction of sp³-hybridized carbons (Fsp3) is 0.350. The van der Waals surface area contributed by atoms with Crippen LogP contribution in [0.4, 0.5) is 10.2 Å². The quantitative estimate of drug-likeness (QED) is 0.249. The molecule has 0 unspecified atom stereocenters. The third-order valence-electron chi connectivity index (χ3n) is 5.14. The molecule has 0 bridgehead atoms. The summed E-state index contributed by atoms with van der Waals surface area (Å²) in [6.45, 7) is -0.262. The van der Waals surface area contributed by atoms with Crippen molar-refractivity contribution in [2.75, 3.05) is 11.9 Å². The van der Waals surface area contributed by atoms with Gasteiger partial charge in [-0.15, -0.1) is 0 Å². The summed E-state index contributed by atoms with van der Waals surface area (Å²) in [5.41, 5.74) is 1.38. The Balaban J connectivity index is 1.54. The zero-order valence-corrected chi connectivity index (χ0v) is 18.0. The predicted molar refractivity (Wildman–Crippen MR) is 114 cm³/mol. The number of fused-ring (bicyclic) bond motifs is 1. The van der Waals surface area contributed by atoms with E-state index in [-0.39, 0.29) is 16.4 Å². The lowest BCUT2D eigenvalue weighted by Crippen LogP contribution is -2.38. The van der Waals surface area contributed by atoms with Crippen LogP contribution >= 0.6 is 11.6 Å². The molecule has 0 saturated carbocycles. The van der Waals surface area contributed by atoms with Crippen molar-refractivity contribution in [1.82, 2.24) is 19.5 Å². The number of halogens is 2. The molecule has 1 aliphatic heterocycles. The number of aromatic nitrogens is 4. The van der Waals surface area contributed by atoms with Gasteiger partial charge in [0.05, 0.1) is 12.9 Å². The molecule has 180 valence electrons. The van der Waals surface area contributed by atoms with Gasteiger partial charge in [0.2, 0.25) is 5.28 Å². The van der Waals surface area contributed by atoms with Gasteiger partial charge in [-0.05, 0) is 17.2 Å². The highest BCUT2D eigenvalue weighted by molar-refractivity contribution is 6.28. The first-order chi connectivity index (χ1) is 16.3. The van der Waals surface area contributed by atoms with E-state index in [0.29, 0.717) is 12.4 Å². The zero-order chi connectivity index (χ0) is 24.4. The second kappa shape index (κ2) is 9.85. The SMILES string of the molecule is O=C(O)C(OC[C@H]1O[C@@H](n2cnc3c(NCc4ccccc4)nc(Cl)nc32)[C@@H](F)[C@@H]1O)C(=O)O. The Bertz CT molecular complexity index is 1180. The Morgan fingerprint density at radius 2 is 1.94 bits per heavy atom. The van der Waals surface area contributed by atoms with E-state index in [1.165, 1.54) is 10.9 Å². The molecule has 0 spiro atoms. The lowest BCUT2D eigenvalue weighted by Gasteiger charge is -2.17. The van der Waals surface area contributed by atoms with Crippen LogP contribution in [0.2, 0.25) is 5.28 Å². The Morgan fingerprint density at radius 3 is 2.62 bits per heavy atom. The number of hydrogen-bond acceptors (Lipinski definition) is 9. The van der Waals surface area contributed by atoms with Gasteiger partial charge in [-0.1, -0.05) is 30.3 Å². The Kier molecular flexibility index (Phi) is 6.88. The van der Waals surface area contributed by atoms with Crippen molar-refractivity contribution < 1.29 is 38.8 Å². The van der Waals surface area contributed by atoms with Crippen LogP contribution in [0.15, 0.2) is 36.7 Å². The van der Waals surface area contributed by atoms with Crippen LogP contribution in [0.25, 0.3) is 11.2 Å². The molecule has 0 aliphatic carbocycles. The third kappa shape index (κ3) is 4.77. The van der Waals surface area contributed by atoms with Crippen LogP contribution in [-0.4, -0.2) is 77.9 Å². The van der Waals surface area contributed by atoms with Crippen molar-refractivity contribution in [3.8, 4) is 0 Å². The number of carbonyl (C=O) groups is 2. The van der Waals surface area contributed by atoms with Crippen molar-refractivity contribution in [3.63, 3.8) is 0 Å². The van der Waals surface area contributed by atoms with E-state index < -0.39 is 49.3 Å². The molecule has 4 atom stereocenters. The molecule has 1 fully saturated rings. The monoisotopic (exact) mass is 495 g/mol. The summed E-state index contributed by atoms with van der Waals surface area (Å²) in [5.74, 6) is -3.18. The first-order valence-corrected chi connectivity index (χ1v) is 10.4. The molecular weight excluding hydrogens is 477 g/mol. The van der Waals surface area contributed by atoms with E-state index in [1.807, 2.05) is 30.3 Å². The summed E-state index contributed by atoms with van der Waals surface area (Å²) in [7, 11) is 0. The van der Waals surface area contributed by atoms with Gasteiger partial charge in [0.15, 0.2) is 29.4 Å². The van der Waals surface area contributed by atoms with Gasteiger partial charge in [0, 0.05) is 6.54 Å². The third-order valence-corrected chi connectivity index (χ3v) is 5.31. The number of carboxylic acid groups (broad SMARTS) is 2. The summed E-state index contributed by atoms with van der Waals surface area (Å²) in [4.78, 5) is 34.4. The Labute approximate surface area is 195 Å². The van der Waals surface area contributed by atoms with Crippen LogP contribution in [0.3, 0.4) is 0 Å². The molecule has 14 heteroatoms. The first-order valence-electron chi connectivity index (χ1n) is 9.99. The standard InChI is InChI=1S/C20H19ClFN5O7/c21-20-25-15(23-6-9-4-2-1-3-5-9)12-16(26-20)27(8-24-12)17-11(22)13(28)10(34-17)7-33-14(18(29)30)19(31)32/h1-5,8,10-11,13-14,17,28H,6-7H2,(H,29,30)(H,31,32)(H,23,25,26)/t10-,11+,13-,17-/m1/s1. The smallest absolute Gasteiger partial charge is 0.344 e. The van der Waals surface area contributed by atoms with Gasteiger partial charge in [-0.3, -0.25) is 4.57 Å². The second-order valence-corrected chi connectivity index (χ2v) is 7.73. The molecule has 34 heavy (non-hydrogen) atoms. The average Bonchev–Trinajstić information content (AvgIpc) is 3.33. The van der Waals surface area contributed by atoms with E-state index in [1.54, 1.807) is 0 Å². The topological polar surface area (TPSA) is 169 Å². The minimum atomic E-state index is -2.19. The summed E-state index contributed by atoms with van der Waals surface area (Å²) >= 11 is 6.06. The predicted octanol–water partition coefficient (Wildman–Crippen LogP) is 1.24. The molecule has 0 radical (unpaired) electrons. The summed E-state index contributed by atoms with van der Waals surface area (Å²) < 4.78 is 26.5. The minimum absolute atomic E-state index is 0.130. The van der Waals surface area contributed by atoms with Gasteiger partial charge in [0.1, 0.15) is 12.2 Å². The maximum atomic E-state index is 14.9. The molecule has 0 amide bonds. The van der Waals surface area contributed by atoms with Gasteiger partial charge in [0.25, 0.3) is 6.10 Å². The van der Waals surface area contributed by atoms with Crippen LogP contribution in [-0.2, 0) is 25.6 Å². The summed E-state index contributed by atoms with van der Waals surface area (Å²) in [6, 6.07) is 9.47. The highest BCUT2D eigenvalue weighted by atomic mass is 35.5. The number of carboxylic acids is 2. The highest BCUT2D eigenvalue weighted by Gasteiger charge is 2.46. The fourth-order valence-corrected chi connectivity index (χ4v) is 3.65. The maximum Gasteiger partial charge on any atom is 0.344 e. The second-order valence-electron chi connectivity index (χ2n) is 7.39. The lowest BCUT2D eigenvalue weighted by atomic mass is 10.1. The van der Waals surface area contributed by atoms with Crippen molar-refractivity contribution in [3.05, 3.63) is 47.5 Å². The molecule has 12 nitrogen and oxygen atoms in total. The summed E-state index contributed by atoms with van der Waals surface area (Å²) in [5, 5.41) is 31.0. The normalized spacial score (nSPS) is 22.4. The van der Waals surface area contributed by atoms with E-state index in [2.05, 4.69) is 20.3 Å². The number of aliphatic carboxylic acids is 2. The van der Waals surface area contributed by atoms with Crippen LogP contribution in [0.5, 0.6) is 0 Å². The van der Waals surface area contributed by atoms with Crippen molar-refractivity contribution in [2.45, 2.75) is 37.3 Å². The molecule has 1 aliphatic rings. The number of benzene rings is 1. The first kappa shape index (κ1) is 23.8. The number of aliphatic hydroxyl groups is 1. The molecule has 1 saturated heterocycles. The van der Waals surface area contributed by atoms with Crippen molar-refractivity contribution in [1.29, 1.82) is 0 Å². The van der Waals surface area contributed by atoms with Gasteiger partial charge >= 0.3 is 11.9 Å². The largest absolute Gasteiger partial charge is 0.479 e. The highest BCUT2D eigenvalue weighted by Crippen LogP contribution is 2.35. The minimum Gasteiger partial charge on any atom is -0.479 e. The molecule has 2 aromatic heterocycles. The van der Waals surface area contributed by atoms with Gasteiger partial charge in [-0.2, -0.15) is 9.97 Å². The number of imidazole rings is 1. The van der Waals surface area contributed by atoms with E-state index in [9.17, 15) is 19.1 Å². The number of aliphatic hydroxyl groups excluding tert-OH is 1. The number of alkyl halides is 1. The maximum absolute atomic E-state index is 14.9. The Hall–Kier alpha value is -3.39. The molecule has 4 rings (SSSR count). The number of anilines is 1. The van der Waals surface area contributed by atoms with E-state index >= 15 is 0 Å². The van der Waals surface area contributed by atoms with E-state index in [4.69, 9.17) is 31.3 Å². The number of hydrogen-bond donors (Lipinski definition) is 4. The zero-order valence-electron chi connectivity index (χ0n) is 17.3. The van der Waals surface area contributed by atoms with Crippen LogP contribution in [0.1, 0.15) is 11.8 Å². The van der Waals surface area contributed by atoms with Crippen molar-refractivity contribution in [2.24, 2.45) is 0 Å². The van der Waals surface area contributed by atoms with Crippen LogP contribution in [0, 0.1) is 0 Å². The molecular formula is C20H19ClFN5O7. The lowest BCUT2D eigenvalue weighted by molar-refractivity contribution is -0.170. The Morgan fingerprint density at radius 1 is 1.24 bits per heavy atom. The fourth-order valence-electron chi connectivity index (χ4n) is 3.49. The van der Waals surface area contributed by atoms with E-state index in [0.717, 1.165) is 5.56 Å². The molecule has 3 heterocycles. The number of nitrogens with one attached hydrogen (secondary N) is 1. The van der Waals surface area contributed by atoms with Crippen LogP contribution < -0.4 is 5.32 Å².